The van der Waals surface area contributed by atoms with Gasteiger partial charge in [0, 0.05) is 12.1 Å². The zero-order valence-electron chi connectivity index (χ0n) is 15.6. The third-order valence-corrected chi connectivity index (χ3v) is 4.59. The molecule has 2 aromatic heterocycles. The first-order valence-corrected chi connectivity index (χ1v) is 9.06. The van der Waals surface area contributed by atoms with Crippen LogP contribution in [0.3, 0.4) is 0 Å². The molecule has 140 valence electrons. The molecule has 4 aromatic rings. The Morgan fingerprint density at radius 1 is 1.14 bits per heavy atom. The Hall–Kier alpha value is -3.54. The van der Waals surface area contributed by atoms with E-state index < -0.39 is 11.7 Å². The lowest BCUT2D eigenvalue weighted by atomic mass is 10.1. The van der Waals surface area contributed by atoms with Crippen LogP contribution in [0.1, 0.15) is 22.8 Å². The zero-order valence-corrected chi connectivity index (χ0v) is 15.6. The van der Waals surface area contributed by atoms with Crippen molar-refractivity contribution in [1.82, 2.24) is 14.8 Å². The number of anilines is 1. The highest BCUT2D eigenvalue weighted by Crippen LogP contribution is 2.26. The van der Waals surface area contributed by atoms with E-state index in [1.165, 1.54) is 6.07 Å². The van der Waals surface area contributed by atoms with E-state index in [0.717, 1.165) is 11.1 Å². The minimum absolute atomic E-state index is 0.152. The fourth-order valence-corrected chi connectivity index (χ4v) is 3.15. The van der Waals surface area contributed by atoms with Crippen molar-refractivity contribution in [1.29, 1.82) is 0 Å². The molecule has 28 heavy (non-hydrogen) atoms. The van der Waals surface area contributed by atoms with E-state index in [1.807, 2.05) is 44.2 Å². The molecule has 0 aliphatic carbocycles. The lowest BCUT2D eigenvalue weighted by Crippen LogP contribution is -2.14. The number of halogens is 1. The van der Waals surface area contributed by atoms with Crippen molar-refractivity contribution in [2.24, 2.45) is 0 Å². The Bertz CT molecular complexity index is 1170. The highest BCUT2D eigenvalue weighted by molar-refractivity contribution is 6.12. The number of benzene rings is 2. The van der Waals surface area contributed by atoms with Crippen LogP contribution in [0.25, 0.3) is 22.3 Å². The molecule has 6 heteroatoms. The molecule has 5 nitrogen and oxygen atoms in total. The predicted octanol–water partition coefficient (Wildman–Crippen LogP) is 4.82. The summed E-state index contributed by atoms with van der Waals surface area (Å²) >= 11 is 0. The number of carbonyl (C=O) groups is 1. The van der Waals surface area contributed by atoms with E-state index in [4.69, 9.17) is 4.98 Å². The first-order chi connectivity index (χ1) is 13.6. The van der Waals surface area contributed by atoms with Crippen molar-refractivity contribution < 1.29 is 9.18 Å². The quantitative estimate of drug-likeness (QED) is 0.557. The van der Waals surface area contributed by atoms with Crippen molar-refractivity contribution in [3.05, 3.63) is 77.7 Å². The summed E-state index contributed by atoms with van der Waals surface area (Å²) in [4.78, 5) is 17.7. The lowest BCUT2D eigenvalue weighted by Gasteiger charge is -2.10. The first kappa shape index (κ1) is 17.9. The molecule has 1 N–H and O–H groups in total. The van der Waals surface area contributed by atoms with Crippen LogP contribution in [-0.2, 0) is 6.54 Å². The van der Waals surface area contributed by atoms with Gasteiger partial charge >= 0.3 is 0 Å². The van der Waals surface area contributed by atoms with E-state index in [0.29, 0.717) is 28.8 Å². The summed E-state index contributed by atoms with van der Waals surface area (Å²) in [5, 5.41) is 7.65. The second-order valence-corrected chi connectivity index (χ2v) is 6.56. The van der Waals surface area contributed by atoms with E-state index >= 15 is 0 Å². The molecule has 0 unspecified atom stereocenters. The summed E-state index contributed by atoms with van der Waals surface area (Å²) in [6, 6.07) is 16.0. The summed E-state index contributed by atoms with van der Waals surface area (Å²) in [7, 11) is 0. The van der Waals surface area contributed by atoms with Crippen molar-refractivity contribution in [2.75, 3.05) is 5.32 Å². The van der Waals surface area contributed by atoms with Crippen LogP contribution in [0.5, 0.6) is 0 Å². The molecule has 0 fully saturated rings. The van der Waals surface area contributed by atoms with Crippen LogP contribution >= 0.6 is 0 Å². The highest BCUT2D eigenvalue weighted by Gasteiger charge is 2.18. The van der Waals surface area contributed by atoms with Crippen LogP contribution in [0, 0.1) is 12.7 Å². The maximum absolute atomic E-state index is 14.1. The standard InChI is InChI=1S/C22H19FN4O/c1-3-27-21-17(13-24-27)16(12-19(25-21)15-7-5-4-6-8-15)22(28)26-20-11-14(2)9-10-18(20)23/h4-13H,3H2,1-2H3,(H,26,28). The SMILES string of the molecule is CCn1ncc2c(C(=O)Nc3cc(C)ccc3F)cc(-c3ccccc3)nc21. The molecular formula is C22H19FN4O. The summed E-state index contributed by atoms with van der Waals surface area (Å²) in [5.74, 6) is -0.874. The Labute approximate surface area is 161 Å². The number of rotatable bonds is 4. The second-order valence-electron chi connectivity index (χ2n) is 6.56. The van der Waals surface area contributed by atoms with E-state index in [9.17, 15) is 9.18 Å². The number of hydrogen-bond acceptors (Lipinski definition) is 3. The molecule has 4 rings (SSSR count). The number of nitrogens with zero attached hydrogens (tertiary/aromatic N) is 3. The number of aryl methyl sites for hydroxylation is 2. The number of aromatic nitrogens is 3. The topological polar surface area (TPSA) is 59.8 Å². The maximum Gasteiger partial charge on any atom is 0.256 e. The third kappa shape index (κ3) is 3.24. The molecule has 0 radical (unpaired) electrons. The van der Waals surface area contributed by atoms with Gasteiger partial charge in [0.15, 0.2) is 5.65 Å². The molecule has 0 atom stereocenters. The average molecular weight is 374 g/mol. The Morgan fingerprint density at radius 2 is 1.93 bits per heavy atom. The van der Waals surface area contributed by atoms with Gasteiger partial charge in [-0.05, 0) is 37.6 Å². The summed E-state index contributed by atoms with van der Waals surface area (Å²) in [6.07, 6.45) is 1.63. The van der Waals surface area contributed by atoms with Crippen LogP contribution in [0.15, 0.2) is 60.8 Å². The Morgan fingerprint density at radius 3 is 2.68 bits per heavy atom. The minimum atomic E-state index is -0.475. The van der Waals surface area contributed by atoms with Crippen molar-refractivity contribution in [3.8, 4) is 11.3 Å². The van der Waals surface area contributed by atoms with Gasteiger partial charge in [-0.1, -0.05) is 36.4 Å². The largest absolute Gasteiger partial charge is 0.319 e. The number of carbonyl (C=O) groups excluding carboxylic acids is 1. The van der Waals surface area contributed by atoms with Crippen LogP contribution < -0.4 is 5.32 Å². The number of nitrogens with one attached hydrogen (secondary N) is 1. The van der Waals surface area contributed by atoms with E-state index in [2.05, 4.69) is 10.4 Å². The maximum atomic E-state index is 14.1. The zero-order chi connectivity index (χ0) is 19.7. The summed E-state index contributed by atoms with van der Waals surface area (Å²) < 4.78 is 15.9. The Kier molecular flexibility index (Phi) is 4.61. The molecule has 0 saturated heterocycles. The van der Waals surface area contributed by atoms with Crippen LogP contribution in [-0.4, -0.2) is 20.7 Å². The second kappa shape index (κ2) is 7.23. The van der Waals surface area contributed by atoms with Crippen LogP contribution in [0.2, 0.25) is 0 Å². The van der Waals surface area contributed by atoms with Gasteiger partial charge in [-0.15, -0.1) is 0 Å². The fraction of sp³-hybridized carbons (Fsp3) is 0.136. The van der Waals surface area contributed by atoms with Gasteiger partial charge in [0.1, 0.15) is 5.82 Å². The molecule has 0 aliphatic heterocycles. The molecule has 0 aliphatic rings. The molecule has 1 amide bonds. The molecule has 0 spiro atoms. The first-order valence-electron chi connectivity index (χ1n) is 9.06. The normalized spacial score (nSPS) is 11.0. The fourth-order valence-electron chi connectivity index (χ4n) is 3.15. The summed E-state index contributed by atoms with van der Waals surface area (Å²) in [6.45, 7) is 4.44. The molecule has 0 saturated carbocycles. The smallest absolute Gasteiger partial charge is 0.256 e. The number of fused-ring (bicyclic) bond motifs is 1. The molecular weight excluding hydrogens is 355 g/mol. The number of amides is 1. The van der Waals surface area contributed by atoms with Gasteiger partial charge in [-0.25, -0.2) is 14.1 Å². The van der Waals surface area contributed by atoms with E-state index in [1.54, 1.807) is 29.1 Å². The van der Waals surface area contributed by atoms with Crippen LogP contribution in [0.4, 0.5) is 10.1 Å². The minimum Gasteiger partial charge on any atom is -0.319 e. The van der Waals surface area contributed by atoms with Gasteiger partial charge in [-0.2, -0.15) is 5.10 Å². The highest BCUT2D eigenvalue weighted by atomic mass is 19.1. The number of pyridine rings is 1. The Balaban J connectivity index is 1.84. The van der Waals surface area contributed by atoms with Gasteiger partial charge in [-0.3, -0.25) is 4.79 Å². The van der Waals surface area contributed by atoms with Crippen molar-refractivity contribution in [2.45, 2.75) is 20.4 Å². The average Bonchev–Trinajstić information content (AvgIpc) is 3.13. The summed E-state index contributed by atoms with van der Waals surface area (Å²) in [5.41, 5.74) is 3.60. The monoisotopic (exact) mass is 374 g/mol. The third-order valence-electron chi connectivity index (χ3n) is 4.59. The molecule has 0 bridgehead atoms. The van der Waals surface area contributed by atoms with E-state index in [-0.39, 0.29) is 5.69 Å². The van der Waals surface area contributed by atoms with Gasteiger partial charge < -0.3 is 5.32 Å². The van der Waals surface area contributed by atoms with Gasteiger partial charge in [0.05, 0.1) is 28.5 Å². The van der Waals surface area contributed by atoms with Crippen molar-refractivity contribution in [3.63, 3.8) is 0 Å². The molecule has 2 aromatic carbocycles. The predicted molar refractivity (Wildman–Crippen MR) is 108 cm³/mol. The number of hydrogen-bond donors (Lipinski definition) is 1. The molecule has 2 heterocycles. The lowest BCUT2D eigenvalue weighted by molar-refractivity contribution is 0.102. The van der Waals surface area contributed by atoms with Crippen molar-refractivity contribution >= 4 is 22.6 Å². The van der Waals surface area contributed by atoms with Gasteiger partial charge in [0.2, 0.25) is 0 Å². The van der Waals surface area contributed by atoms with Gasteiger partial charge in [0.25, 0.3) is 5.91 Å².